The number of aliphatic carboxylic acids is 1. The maximum atomic E-state index is 9.58. The lowest BCUT2D eigenvalue weighted by molar-refractivity contribution is -0.302. The Morgan fingerprint density at radius 1 is 1.50 bits per heavy atom. The van der Waals surface area contributed by atoms with E-state index in [2.05, 4.69) is 14.9 Å². The van der Waals surface area contributed by atoms with Crippen molar-refractivity contribution in [3.05, 3.63) is 0 Å². The Labute approximate surface area is 48.8 Å². The molecule has 5 nitrogen and oxygen atoms in total. The molecule has 0 spiro atoms. The summed E-state index contributed by atoms with van der Waals surface area (Å²) < 4.78 is 3.52. The third-order valence-electron chi connectivity index (χ3n) is 0.259. The first-order chi connectivity index (χ1) is 3.18. The minimum Gasteiger partial charge on any atom is -0.539 e. The molecule has 0 aliphatic rings. The molecule has 8 heavy (non-hydrogen) atoms. The summed E-state index contributed by atoms with van der Waals surface area (Å²) in [7, 11) is 2.19. The number of carboxylic acid groups (broad SMARTS) is 1. The Morgan fingerprint density at radius 3 is 1.88 bits per heavy atom. The minimum absolute atomic E-state index is 0. The van der Waals surface area contributed by atoms with E-state index < -0.39 is 11.9 Å². The van der Waals surface area contributed by atoms with E-state index in [1.165, 1.54) is 0 Å². The van der Waals surface area contributed by atoms with Crippen molar-refractivity contribution in [1.82, 2.24) is 6.15 Å². The zero-order valence-corrected chi connectivity index (χ0v) is 5.13. The summed E-state index contributed by atoms with van der Waals surface area (Å²) in [4.78, 5) is 18.9. The van der Waals surface area contributed by atoms with Crippen LogP contribution in [0, 0.1) is 0 Å². The predicted molar refractivity (Wildman–Crippen MR) is 22.8 cm³/mol. The SMILES string of the molecule is O=C([O-])C(=O)O[Si].[NH4+]. The van der Waals surface area contributed by atoms with Gasteiger partial charge in [-0.15, -0.1) is 0 Å². The second-order valence-electron chi connectivity index (χ2n) is 0.677. The number of quaternary nitrogens is 1. The summed E-state index contributed by atoms with van der Waals surface area (Å²) in [5.41, 5.74) is 0. The fourth-order valence-electron chi connectivity index (χ4n) is 0.0417. The summed E-state index contributed by atoms with van der Waals surface area (Å²) in [6.45, 7) is 0. The van der Waals surface area contributed by atoms with Crippen molar-refractivity contribution in [2.75, 3.05) is 0 Å². The molecule has 4 N–H and O–H groups in total. The number of carboxylic acids is 1. The summed E-state index contributed by atoms with van der Waals surface area (Å²) in [5.74, 6) is -3.30. The van der Waals surface area contributed by atoms with Crippen LogP contribution in [-0.2, 0) is 14.0 Å². The van der Waals surface area contributed by atoms with Crippen molar-refractivity contribution < 1.29 is 19.1 Å². The first kappa shape index (κ1) is 10.2. The van der Waals surface area contributed by atoms with Crippen molar-refractivity contribution in [2.24, 2.45) is 0 Å². The van der Waals surface area contributed by atoms with Crippen molar-refractivity contribution in [2.45, 2.75) is 0 Å². The molecule has 0 bridgehead atoms. The lowest BCUT2D eigenvalue weighted by Gasteiger charge is -1.94. The van der Waals surface area contributed by atoms with Gasteiger partial charge in [0.1, 0.15) is 0 Å². The molecule has 0 aliphatic heterocycles. The smallest absolute Gasteiger partial charge is 0.345 e. The topological polar surface area (TPSA) is 103 Å². The average Bonchev–Trinajstić information content (AvgIpc) is 1.65. The van der Waals surface area contributed by atoms with Gasteiger partial charge in [-0.05, 0) is 0 Å². The molecule has 0 aromatic rings. The second kappa shape index (κ2) is 4.28. The number of carbonyl (C=O) groups excluding carboxylic acids is 2. The molecular formula is C2H4NO4Si. The van der Waals surface area contributed by atoms with Crippen LogP contribution in [0.5, 0.6) is 0 Å². The van der Waals surface area contributed by atoms with E-state index in [0.717, 1.165) is 0 Å². The van der Waals surface area contributed by atoms with Crippen LogP contribution in [0.4, 0.5) is 0 Å². The monoisotopic (exact) mass is 134 g/mol. The van der Waals surface area contributed by atoms with Gasteiger partial charge in [0.15, 0.2) is 5.97 Å². The van der Waals surface area contributed by atoms with Crippen LogP contribution < -0.4 is 11.3 Å². The Hall–Kier alpha value is -0.883. The molecule has 0 aliphatic carbocycles. The van der Waals surface area contributed by atoms with E-state index in [9.17, 15) is 14.7 Å². The Bertz CT molecular complexity index is 102. The van der Waals surface area contributed by atoms with Crippen LogP contribution in [0.25, 0.3) is 0 Å². The molecule has 6 heteroatoms. The maximum absolute atomic E-state index is 9.58. The Kier molecular flexibility index (Phi) is 5.44. The van der Waals surface area contributed by atoms with Gasteiger partial charge >= 0.3 is 16.5 Å². The standard InChI is InChI=1S/C2HO4Si.H3N/c3-1(4)2(5)6-7;/h(H,3,4);1H3. The Morgan fingerprint density at radius 2 is 1.88 bits per heavy atom. The molecule has 3 radical (unpaired) electrons. The molecule has 45 valence electrons. The third kappa shape index (κ3) is 3.31. The maximum Gasteiger partial charge on any atom is 0.345 e. The molecule has 0 aromatic heterocycles. The van der Waals surface area contributed by atoms with Gasteiger partial charge in [0.05, 0.1) is 0 Å². The van der Waals surface area contributed by atoms with Gasteiger partial charge < -0.3 is 20.5 Å². The fourth-order valence-corrected chi connectivity index (χ4v) is 0.125. The van der Waals surface area contributed by atoms with Gasteiger partial charge in [0, 0.05) is 0 Å². The molecule has 0 saturated heterocycles. The van der Waals surface area contributed by atoms with Crippen LogP contribution in [0.3, 0.4) is 0 Å². The normalized spacial score (nSPS) is 6.62. The molecule has 0 unspecified atom stereocenters. The van der Waals surface area contributed by atoms with E-state index in [0.29, 0.717) is 0 Å². The highest BCUT2D eigenvalue weighted by Gasteiger charge is 1.95. The van der Waals surface area contributed by atoms with E-state index in [1.807, 2.05) is 0 Å². The molecule has 0 aromatic carbocycles. The minimum atomic E-state index is -1.87. The Balaban J connectivity index is 0. The highest BCUT2D eigenvalue weighted by molar-refractivity contribution is 6.31. The van der Waals surface area contributed by atoms with Gasteiger partial charge in [-0.25, -0.2) is 4.79 Å². The highest BCUT2D eigenvalue weighted by Crippen LogP contribution is 1.63. The predicted octanol–water partition coefficient (Wildman–Crippen LogP) is -2.26. The van der Waals surface area contributed by atoms with Crippen molar-refractivity contribution >= 4 is 22.4 Å². The molecule has 0 rings (SSSR count). The van der Waals surface area contributed by atoms with E-state index in [1.54, 1.807) is 0 Å². The van der Waals surface area contributed by atoms with Gasteiger partial charge in [0.2, 0.25) is 0 Å². The molecule has 0 atom stereocenters. The first-order valence-corrected chi connectivity index (χ1v) is 1.68. The van der Waals surface area contributed by atoms with Gasteiger partial charge in [-0.2, -0.15) is 0 Å². The van der Waals surface area contributed by atoms with Gasteiger partial charge in [-0.3, -0.25) is 0 Å². The van der Waals surface area contributed by atoms with E-state index in [4.69, 9.17) is 0 Å². The molecule has 0 amide bonds. The molecular weight excluding hydrogens is 130 g/mol. The lowest BCUT2D eigenvalue weighted by atomic mass is 10.7. The van der Waals surface area contributed by atoms with Crippen molar-refractivity contribution in [3.8, 4) is 0 Å². The van der Waals surface area contributed by atoms with Gasteiger partial charge in [-0.1, -0.05) is 0 Å². The number of rotatable bonds is 0. The quantitative estimate of drug-likeness (QED) is 0.298. The van der Waals surface area contributed by atoms with E-state index in [-0.39, 0.29) is 6.15 Å². The number of hydrogen-bond acceptors (Lipinski definition) is 4. The first-order valence-electron chi connectivity index (χ1n) is 1.27. The summed E-state index contributed by atoms with van der Waals surface area (Å²) in [5, 5.41) is 9.31. The van der Waals surface area contributed by atoms with Crippen LogP contribution in [0.15, 0.2) is 0 Å². The van der Waals surface area contributed by atoms with Crippen LogP contribution in [-0.4, -0.2) is 22.4 Å². The average molecular weight is 134 g/mol. The number of carbonyl (C=O) groups is 2. The van der Waals surface area contributed by atoms with Crippen LogP contribution in [0.1, 0.15) is 0 Å². The van der Waals surface area contributed by atoms with Crippen LogP contribution in [0.2, 0.25) is 0 Å². The second-order valence-corrected chi connectivity index (χ2v) is 0.881. The van der Waals surface area contributed by atoms with Gasteiger partial charge in [0.25, 0.3) is 0 Å². The molecule has 0 saturated carbocycles. The summed E-state index contributed by atoms with van der Waals surface area (Å²) >= 11 is 0. The third-order valence-corrected chi connectivity index (χ3v) is 0.445. The summed E-state index contributed by atoms with van der Waals surface area (Å²) in [6.07, 6.45) is 0. The zero-order chi connectivity index (χ0) is 5.86. The highest BCUT2D eigenvalue weighted by atomic mass is 28.2. The zero-order valence-electron chi connectivity index (χ0n) is 4.13. The van der Waals surface area contributed by atoms with E-state index >= 15 is 0 Å². The number of hydrogen-bond donors (Lipinski definition) is 1. The summed E-state index contributed by atoms with van der Waals surface area (Å²) in [6, 6.07) is 0. The molecule has 0 fully saturated rings. The fraction of sp³-hybridized carbons (Fsp3) is 0. The largest absolute Gasteiger partial charge is 0.539 e. The van der Waals surface area contributed by atoms with Crippen molar-refractivity contribution in [3.63, 3.8) is 0 Å². The lowest BCUT2D eigenvalue weighted by Crippen LogP contribution is -2.32. The van der Waals surface area contributed by atoms with Crippen molar-refractivity contribution in [1.29, 1.82) is 0 Å². The van der Waals surface area contributed by atoms with Crippen LogP contribution >= 0.6 is 0 Å². The molecule has 0 heterocycles.